The Labute approximate surface area is 183 Å². The van der Waals surface area contributed by atoms with Crippen LogP contribution in [0.25, 0.3) is 0 Å². The lowest BCUT2D eigenvalue weighted by atomic mass is 10.2. The van der Waals surface area contributed by atoms with E-state index in [9.17, 15) is 9.59 Å². The summed E-state index contributed by atoms with van der Waals surface area (Å²) < 4.78 is 0.985. The lowest BCUT2D eigenvalue weighted by Gasteiger charge is -2.36. The van der Waals surface area contributed by atoms with Gasteiger partial charge in [-0.3, -0.25) is 14.9 Å². The van der Waals surface area contributed by atoms with Crippen LogP contribution in [0.15, 0.2) is 48.5 Å². The monoisotopic (exact) mass is 508 g/mol. The van der Waals surface area contributed by atoms with Crippen LogP contribution in [0.1, 0.15) is 17.3 Å². The smallest absolute Gasteiger partial charge is 0.257 e. The van der Waals surface area contributed by atoms with Crippen molar-refractivity contribution in [2.45, 2.75) is 6.92 Å². The van der Waals surface area contributed by atoms with E-state index in [1.54, 1.807) is 19.1 Å². The normalized spacial score (nSPS) is 13.8. The van der Waals surface area contributed by atoms with E-state index in [-0.39, 0.29) is 16.9 Å². The molecule has 1 heterocycles. The second-order valence-electron chi connectivity index (χ2n) is 6.43. The minimum absolute atomic E-state index is 0.102. The molecule has 0 aliphatic carbocycles. The van der Waals surface area contributed by atoms with Crippen molar-refractivity contribution in [3.8, 4) is 0 Å². The molecule has 3 rings (SSSR count). The van der Waals surface area contributed by atoms with Crippen molar-refractivity contribution in [1.29, 1.82) is 0 Å². The molecule has 1 fully saturated rings. The van der Waals surface area contributed by atoms with Crippen LogP contribution in [-0.4, -0.2) is 48.0 Å². The molecule has 1 saturated heterocycles. The molecule has 1 aliphatic heterocycles. The third-order valence-corrected chi connectivity index (χ3v) is 5.41. The molecule has 0 radical (unpaired) electrons. The predicted molar refractivity (Wildman–Crippen MR) is 124 cm³/mol. The van der Waals surface area contributed by atoms with Crippen molar-refractivity contribution in [2.24, 2.45) is 0 Å². The van der Waals surface area contributed by atoms with Gasteiger partial charge >= 0.3 is 0 Å². The Morgan fingerprint density at radius 2 is 1.75 bits per heavy atom. The van der Waals surface area contributed by atoms with Crippen molar-refractivity contribution in [2.75, 3.05) is 36.4 Å². The van der Waals surface area contributed by atoms with E-state index >= 15 is 0 Å². The number of carbonyl (C=O) groups is 2. The summed E-state index contributed by atoms with van der Waals surface area (Å²) in [5.74, 6) is -0.144. The molecule has 146 valence electrons. The van der Waals surface area contributed by atoms with Gasteiger partial charge < -0.3 is 15.1 Å². The molecule has 0 saturated carbocycles. The summed E-state index contributed by atoms with van der Waals surface area (Å²) >= 11 is 7.51. The van der Waals surface area contributed by atoms with Gasteiger partial charge in [-0.15, -0.1) is 0 Å². The minimum Gasteiger partial charge on any atom is -0.366 e. The number of amides is 2. The second-order valence-corrected chi connectivity index (χ2v) is 8.08. The fourth-order valence-corrected chi connectivity index (χ4v) is 3.82. The first-order chi connectivity index (χ1) is 13.4. The number of halogens is 1. The van der Waals surface area contributed by atoms with Gasteiger partial charge in [0.2, 0.25) is 5.91 Å². The van der Waals surface area contributed by atoms with E-state index in [2.05, 4.69) is 38.1 Å². The largest absolute Gasteiger partial charge is 0.366 e. The first-order valence-corrected chi connectivity index (χ1v) is 10.4. The van der Waals surface area contributed by atoms with Crippen LogP contribution in [0.2, 0.25) is 0 Å². The third-order valence-electron chi connectivity index (χ3n) is 4.53. The maximum absolute atomic E-state index is 12.4. The van der Waals surface area contributed by atoms with E-state index in [0.717, 1.165) is 28.0 Å². The van der Waals surface area contributed by atoms with Gasteiger partial charge in [0.25, 0.3) is 5.91 Å². The Balaban J connectivity index is 1.65. The number of piperazine rings is 1. The molecule has 2 amide bonds. The molecule has 0 aromatic heterocycles. The molecule has 28 heavy (non-hydrogen) atoms. The van der Waals surface area contributed by atoms with Crippen molar-refractivity contribution in [3.05, 3.63) is 57.7 Å². The summed E-state index contributed by atoms with van der Waals surface area (Å²) in [5.41, 5.74) is 2.38. The second kappa shape index (κ2) is 9.33. The number of hydrogen-bond acceptors (Lipinski definition) is 4. The highest BCUT2D eigenvalue weighted by atomic mass is 127. The number of benzene rings is 2. The summed E-state index contributed by atoms with van der Waals surface area (Å²) in [4.78, 5) is 28.0. The van der Waals surface area contributed by atoms with Crippen LogP contribution in [0, 0.1) is 3.57 Å². The molecule has 2 N–H and O–H groups in total. The van der Waals surface area contributed by atoms with Gasteiger partial charge in [-0.25, -0.2) is 0 Å². The highest BCUT2D eigenvalue weighted by Gasteiger charge is 2.21. The first-order valence-electron chi connectivity index (χ1n) is 8.91. The third kappa shape index (κ3) is 5.20. The van der Waals surface area contributed by atoms with Gasteiger partial charge in [0.1, 0.15) is 0 Å². The lowest BCUT2D eigenvalue weighted by Crippen LogP contribution is -2.48. The highest BCUT2D eigenvalue weighted by molar-refractivity contribution is 14.1. The number of thiocarbonyl (C=S) groups is 1. The SMILES string of the molecule is CC(=O)N1CCN(c2ccccc2NC(=S)NC(=O)c2cccc(I)c2)CC1. The predicted octanol–water partition coefficient (Wildman–Crippen LogP) is 3.09. The zero-order valence-corrected chi connectivity index (χ0v) is 18.4. The Morgan fingerprint density at radius 1 is 1.04 bits per heavy atom. The molecule has 8 heteroatoms. The number of hydrogen-bond donors (Lipinski definition) is 2. The molecule has 0 unspecified atom stereocenters. The van der Waals surface area contributed by atoms with Crippen LogP contribution < -0.4 is 15.5 Å². The van der Waals surface area contributed by atoms with Gasteiger partial charge in [0, 0.05) is 42.2 Å². The molecule has 6 nitrogen and oxygen atoms in total. The zero-order chi connectivity index (χ0) is 20.1. The summed E-state index contributed by atoms with van der Waals surface area (Å²) in [5, 5.41) is 6.11. The fraction of sp³-hybridized carbons (Fsp3) is 0.250. The summed E-state index contributed by atoms with van der Waals surface area (Å²) in [6, 6.07) is 15.1. The number of nitrogens with zero attached hydrogens (tertiary/aromatic N) is 2. The van der Waals surface area contributed by atoms with Gasteiger partial charge in [-0.2, -0.15) is 0 Å². The van der Waals surface area contributed by atoms with Crippen LogP contribution in [-0.2, 0) is 4.79 Å². The number of carbonyl (C=O) groups excluding carboxylic acids is 2. The Hall–Kier alpha value is -2.20. The molecule has 0 bridgehead atoms. The van der Waals surface area contributed by atoms with Crippen LogP contribution in [0.4, 0.5) is 11.4 Å². The standard InChI is InChI=1S/C20H21IN4O2S/c1-14(26)24-9-11-25(12-10-24)18-8-3-2-7-17(18)22-20(28)23-19(27)15-5-4-6-16(21)13-15/h2-8,13H,9-12H2,1H3,(H2,22,23,27,28). The number of para-hydroxylation sites is 2. The topological polar surface area (TPSA) is 64.7 Å². The summed E-state index contributed by atoms with van der Waals surface area (Å²) in [6.45, 7) is 4.48. The molecule has 0 atom stereocenters. The summed E-state index contributed by atoms with van der Waals surface area (Å²) in [6.07, 6.45) is 0. The van der Waals surface area contributed by atoms with E-state index in [4.69, 9.17) is 12.2 Å². The van der Waals surface area contributed by atoms with Gasteiger partial charge in [-0.05, 0) is 65.1 Å². The number of nitrogens with one attached hydrogen (secondary N) is 2. The maximum atomic E-state index is 12.4. The maximum Gasteiger partial charge on any atom is 0.257 e. The Kier molecular flexibility index (Phi) is 6.84. The molecule has 1 aliphatic rings. The van der Waals surface area contributed by atoms with Crippen molar-refractivity contribution in [1.82, 2.24) is 10.2 Å². The molecule has 0 spiro atoms. The van der Waals surface area contributed by atoms with Crippen LogP contribution >= 0.6 is 34.8 Å². The highest BCUT2D eigenvalue weighted by Crippen LogP contribution is 2.26. The van der Waals surface area contributed by atoms with E-state index in [1.807, 2.05) is 41.3 Å². The number of anilines is 2. The Bertz CT molecular complexity index is 897. The lowest BCUT2D eigenvalue weighted by molar-refractivity contribution is -0.129. The quantitative estimate of drug-likeness (QED) is 0.493. The van der Waals surface area contributed by atoms with Crippen molar-refractivity contribution >= 4 is 63.1 Å². The Morgan fingerprint density at radius 3 is 2.43 bits per heavy atom. The summed E-state index contributed by atoms with van der Waals surface area (Å²) in [7, 11) is 0. The van der Waals surface area contributed by atoms with Crippen LogP contribution in [0.3, 0.4) is 0 Å². The zero-order valence-electron chi connectivity index (χ0n) is 15.4. The fourth-order valence-electron chi connectivity index (χ4n) is 3.08. The van der Waals surface area contributed by atoms with E-state index in [0.29, 0.717) is 18.7 Å². The minimum atomic E-state index is -0.247. The average molecular weight is 508 g/mol. The van der Waals surface area contributed by atoms with Gasteiger partial charge in [0.15, 0.2) is 5.11 Å². The van der Waals surface area contributed by atoms with E-state index < -0.39 is 0 Å². The van der Waals surface area contributed by atoms with Crippen molar-refractivity contribution < 1.29 is 9.59 Å². The van der Waals surface area contributed by atoms with Crippen LogP contribution in [0.5, 0.6) is 0 Å². The van der Waals surface area contributed by atoms with Crippen molar-refractivity contribution in [3.63, 3.8) is 0 Å². The first kappa shape index (κ1) is 20.5. The molecular formula is C20H21IN4O2S. The van der Waals surface area contributed by atoms with E-state index in [1.165, 1.54) is 0 Å². The molecular weight excluding hydrogens is 487 g/mol. The molecule has 2 aromatic rings. The average Bonchev–Trinajstić information content (AvgIpc) is 2.68. The van der Waals surface area contributed by atoms with Gasteiger partial charge in [-0.1, -0.05) is 18.2 Å². The van der Waals surface area contributed by atoms with Gasteiger partial charge in [0.05, 0.1) is 11.4 Å². The molecule has 2 aromatic carbocycles. The number of rotatable bonds is 3.